The molecule has 0 aliphatic heterocycles. The van der Waals surface area contributed by atoms with E-state index in [1.54, 1.807) is 0 Å². The molecule has 2 heteroatoms. The van der Waals surface area contributed by atoms with Gasteiger partial charge in [0.05, 0.1) is 12.5 Å². The lowest BCUT2D eigenvalue weighted by Crippen LogP contribution is -2.07. The van der Waals surface area contributed by atoms with E-state index in [1.165, 1.54) is 44.9 Å². The lowest BCUT2D eigenvalue weighted by atomic mass is 10.1. The monoisotopic (exact) mass is 226 g/mol. The number of carbonyl (C=O) groups is 1. The van der Waals surface area contributed by atoms with Gasteiger partial charge in [0.25, 0.3) is 0 Å². The lowest BCUT2D eigenvalue weighted by Gasteiger charge is -2.01. The number of carbonyl (C=O) groups excluding carboxylic acids is 1. The molecule has 0 spiro atoms. The Balaban J connectivity index is 1.90. The van der Waals surface area contributed by atoms with Gasteiger partial charge in [-0.2, -0.15) is 0 Å². The average molecular weight is 226 g/mol. The minimum Gasteiger partial charge on any atom is -0.466 e. The third-order valence-corrected chi connectivity index (χ3v) is 3.44. The van der Waals surface area contributed by atoms with Crippen LogP contribution < -0.4 is 0 Å². The van der Waals surface area contributed by atoms with Gasteiger partial charge in [0.15, 0.2) is 0 Å². The maximum atomic E-state index is 11.4. The van der Waals surface area contributed by atoms with Crippen LogP contribution in [0.5, 0.6) is 0 Å². The quantitative estimate of drug-likeness (QED) is 0.440. The van der Waals surface area contributed by atoms with Gasteiger partial charge in [-0.3, -0.25) is 4.79 Å². The topological polar surface area (TPSA) is 26.3 Å². The van der Waals surface area contributed by atoms with Crippen LogP contribution in [-0.2, 0) is 9.53 Å². The van der Waals surface area contributed by atoms with Crippen LogP contribution in [0.3, 0.4) is 0 Å². The Bertz CT molecular complexity index is 201. The summed E-state index contributed by atoms with van der Waals surface area (Å²) in [5.74, 6) is 0.930. The van der Waals surface area contributed by atoms with Crippen LogP contribution in [-0.4, -0.2) is 12.6 Å². The van der Waals surface area contributed by atoms with Crippen molar-refractivity contribution < 1.29 is 9.53 Å². The first-order chi connectivity index (χ1) is 7.79. The molecular formula is C14H26O2. The number of esters is 1. The number of unbranched alkanes of at least 4 members (excludes halogenated alkanes) is 5. The van der Waals surface area contributed by atoms with Crippen LogP contribution in [0.15, 0.2) is 0 Å². The Labute approximate surface area is 99.8 Å². The summed E-state index contributed by atoms with van der Waals surface area (Å²) >= 11 is 0. The lowest BCUT2D eigenvalue weighted by molar-refractivity contribution is -0.145. The fourth-order valence-corrected chi connectivity index (χ4v) is 2.29. The molecule has 94 valence electrons. The van der Waals surface area contributed by atoms with Crippen molar-refractivity contribution in [3.05, 3.63) is 0 Å². The minimum atomic E-state index is 0.0403. The van der Waals surface area contributed by atoms with E-state index in [-0.39, 0.29) is 11.9 Å². The van der Waals surface area contributed by atoms with E-state index in [0.717, 1.165) is 6.42 Å². The fourth-order valence-electron chi connectivity index (χ4n) is 2.29. The number of hydrogen-bond acceptors (Lipinski definition) is 2. The molecule has 0 aromatic rings. The third kappa shape index (κ3) is 5.00. The second-order valence-corrected chi connectivity index (χ2v) is 4.91. The van der Waals surface area contributed by atoms with Gasteiger partial charge in [-0.25, -0.2) is 0 Å². The Morgan fingerprint density at radius 3 is 2.50 bits per heavy atom. The summed E-state index contributed by atoms with van der Waals surface area (Å²) in [5, 5.41) is 0. The molecule has 1 saturated carbocycles. The van der Waals surface area contributed by atoms with Gasteiger partial charge in [-0.05, 0) is 25.7 Å². The molecule has 0 saturated heterocycles. The summed E-state index contributed by atoms with van der Waals surface area (Å²) in [6.45, 7) is 4.65. The number of hydrogen-bond donors (Lipinski definition) is 0. The molecule has 0 radical (unpaired) electrons. The Kier molecular flexibility index (Phi) is 6.51. The second-order valence-electron chi connectivity index (χ2n) is 4.91. The summed E-state index contributed by atoms with van der Waals surface area (Å²) in [6.07, 6.45) is 10.4. The number of ether oxygens (including phenoxy) is 1. The average Bonchev–Trinajstić information content (AvgIpc) is 3.03. The van der Waals surface area contributed by atoms with Crippen LogP contribution in [0, 0.1) is 11.8 Å². The summed E-state index contributed by atoms with van der Waals surface area (Å²) in [6, 6.07) is 0. The van der Waals surface area contributed by atoms with E-state index in [4.69, 9.17) is 4.74 Å². The van der Waals surface area contributed by atoms with Gasteiger partial charge in [0.2, 0.25) is 0 Å². The molecule has 1 fully saturated rings. The molecule has 0 N–H and O–H groups in total. The van der Waals surface area contributed by atoms with Crippen LogP contribution >= 0.6 is 0 Å². The Morgan fingerprint density at radius 2 is 1.81 bits per heavy atom. The van der Waals surface area contributed by atoms with Crippen molar-refractivity contribution in [3.63, 3.8) is 0 Å². The summed E-state index contributed by atoms with van der Waals surface area (Å²) < 4.78 is 5.02. The highest BCUT2D eigenvalue weighted by atomic mass is 16.5. The smallest absolute Gasteiger partial charge is 0.309 e. The zero-order chi connectivity index (χ0) is 11.8. The van der Waals surface area contributed by atoms with Gasteiger partial charge in [0.1, 0.15) is 0 Å². The molecule has 0 heterocycles. The zero-order valence-electron chi connectivity index (χ0n) is 10.8. The predicted molar refractivity (Wildman–Crippen MR) is 66.2 cm³/mol. The molecule has 1 aliphatic carbocycles. The zero-order valence-corrected chi connectivity index (χ0v) is 10.8. The highest BCUT2D eigenvalue weighted by molar-refractivity contribution is 5.75. The standard InChI is InChI=1S/C14H26O2/c1-3-5-6-7-8-9-10-12-11-13(12)14(15)16-4-2/h12-13H,3-11H2,1-2H3/t12-,13+/m0/s1. The second kappa shape index (κ2) is 7.70. The van der Waals surface area contributed by atoms with Crippen LogP contribution in [0.4, 0.5) is 0 Å². The molecule has 1 aliphatic rings. The van der Waals surface area contributed by atoms with Crippen molar-refractivity contribution in [2.75, 3.05) is 6.61 Å². The fraction of sp³-hybridized carbons (Fsp3) is 0.929. The molecule has 2 nitrogen and oxygen atoms in total. The predicted octanol–water partition coefficient (Wildman–Crippen LogP) is 3.94. The summed E-state index contributed by atoms with van der Waals surface area (Å²) in [5.41, 5.74) is 0. The van der Waals surface area contributed by atoms with Gasteiger partial charge < -0.3 is 4.74 Å². The van der Waals surface area contributed by atoms with Gasteiger partial charge in [-0.1, -0.05) is 45.4 Å². The SMILES string of the molecule is CCCCCCCC[C@H]1C[C@H]1C(=O)OCC. The van der Waals surface area contributed by atoms with E-state index < -0.39 is 0 Å². The maximum Gasteiger partial charge on any atom is 0.309 e. The van der Waals surface area contributed by atoms with Gasteiger partial charge in [0, 0.05) is 0 Å². The third-order valence-electron chi connectivity index (χ3n) is 3.44. The van der Waals surface area contributed by atoms with Crippen molar-refractivity contribution in [1.29, 1.82) is 0 Å². The van der Waals surface area contributed by atoms with Crippen molar-refractivity contribution in [1.82, 2.24) is 0 Å². The van der Waals surface area contributed by atoms with Crippen LogP contribution in [0.2, 0.25) is 0 Å². The molecule has 0 aromatic heterocycles. The molecule has 0 aromatic carbocycles. The first-order valence-electron chi connectivity index (χ1n) is 6.96. The minimum absolute atomic E-state index is 0.0403. The highest BCUT2D eigenvalue weighted by Gasteiger charge is 2.43. The molecule has 0 bridgehead atoms. The molecular weight excluding hydrogens is 200 g/mol. The molecule has 0 unspecified atom stereocenters. The highest BCUT2D eigenvalue weighted by Crippen LogP contribution is 2.43. The van der Waals surface area contributed by atoms with E-state index in [2.05, 4.69) is 6.92 Å². The Hall–Kier alpha value is -0.530. The van der Waals surface area contributed by atoms with E-state index >= 15 is 0 Å². The Morgan fingerprint density at radius 1 is 1.12 bits per heavy atom. The molecule has 2 atom stereocenters. The molecule has 1 rings (SSSR count). The first kappa shape index (κ1) is 13.5. The normalized spacial score (nSPS) is 23.1. The van der Waals surface area contributed by atoms with E-state index in [0.29, 0.717) is 12.5 Å². The van der Waals surface area contributed by atoms with E-state index in [9.17, 15) is 4.79 Å². The van der Waals surface area contributed by atoms with Gasteiger partial charge >= 0.3 is 5.97 Å². The molecule has 16 heavy (non-hydrogen) atoms. The summed E-state index contributed by atoms with van der Waals surface area (Å²) in [4.78, 5) is 11.4. The largest absolute Gasteiger partial charge is 0.466 e. The van der Waals surface area contributed by atoms with Crippen molar-refractivity contribution in [3.8, 4) is 0 Å². The van der Waals surface area contributed by atoms with Gasteiger partial charge in [-0.15, -0.1) is 0 Å². The number of rotatable bonds is 9. The first-order valence-corrected chi connectivity index (χ1v) is 6.96. The van der Waals surface area contributed by atoms with Crippen molar-refractivity contribution in [2.24, 2.45) is 11.8 Å². The van der Waals surface area contributed by atoms with E-state index in [1.807, 2.05) is 6.92 Å². The summed E-state index contributed by atoms with van der Waals surface area (Å²) in [7, 11) is 0. The maximum absolute atomic E-state index is 11.4. The van der Waals surface area contributed by atoms with Crippen molar-refractivity contribution in [2.45, 2.75) is 65.2 Å². The van der Waals surface area contributed by atoms with Crippen LogP contribution in [0.25, 0.3) is 0 Å². The molecule has 0 amide bonds. The van der Waals surface area contributed by atoms with Crippen molar-refractivity contribution >= 4 is 5.97 Å². The van der Waals surface area contributed by atoms with Crippen LogP contribution in [0.1, 0.15) is 65.2 Å².